The average molecular weight is 303 g/mol. The molecule has 22 heavy (non-hydrogen) atoms. The summed E-state index contributed by atoms with van der Waals surface area (Å²) in [6.07, 6.45) is 3.76. The largest absolute Gasteiger partial charge is 0.490 e. The van der Waals surface area contributed by atoms with Crippen LogP contribution in [0.4, 0.5) is 0 Å². The molecule has 0 spiro atoms. The lowest BCUT2D eigenvalue weighted by Crippen LogP contribution is -2.39. The zero-order valence-corrected chi connectivity index (χ0v) is 13.4. The van der Waals surface area contributed by atoms with Crippen molar-refractivity contribution in [2.24, 2.45) is 5.92 Å². The van der Waals surface area contributed by atoms with Gasteiger partial charge < -0.3 is 14.7 Å². The van der Waals surface area contributed by atoms with E-state index in [9.17, 15) is 4.79 Å². The second-order valence-electron chi connectivity index (χ2n) is 6.04. The second-order valence-corrected chi connectivity index (χ2v) is 6.04. The van der Waals surface area contributed by atoms with Crippen LogP contribution in [0, 0.1) is 5.92 Å². The van der Waals surface area contributed by atoms with Gasteiger partial charge in [-0.2, -0.15) is 0 Å². The van der Waals surface area contributed by atoms with Crippen LogP contribution in [0.15, 0.2) is 35.9 Å². The number of likely N-dealkylation sites (tertiary alicyclic amines) is 1. The average Bonchev–Trinajstić information content (AvgIpc) is 2.54. The summed E-state index contributed by atoms with van der Waals surface area (Å²) in [5.41, 5.74) is 1.87. The van der Waals surface area contributed by atoms with Gasteiger partial charge in [0.05, 0.1) is 0 Å². The summed E-state index contributed by atoms with van der Waals surface area (Å²) >= 11 is 0. The molecule has 1 N–H and O–H groups in total. The van der Waals surface area contributed by atoms with Gasteiger partial charge in [0.2, 0.25) is 0 Å². The van der Waals surface area contributed by atoms with Crippen LogP contribution in [-0.2, 0) is 0 Å². The van der Waals surface area contributed by atoms with Crippen molar-refractivity contribution in [2.45, 2.75) is 26.7 Å². The van der Waals surface area contributed by atoms with Gasteiger partial charge >= 0.3 is 0 Å². The minimum atomic E-state index is 0.0454. The Hall–Kier alpha value is -1.81. The molecule has 0 unspecified atom stereocenters. The number of benzene rings is 1. The van der Waals surface area contributed by atoms with E-state index in [-0.39, 0.29) is 12.5 Å². The Balaban J connectivity index is 1.97. The summed E-state index contributed by atoms with van der Waals surface area (Å²) in [6.45, 7) is 6.22. The van der Waals surface area contributed by atoms with Crippen LogP contribution >= 0.6 is 0 Å². The Labute approximate surface area is 132 Å². The molecular formula is C18H25NO3. The monoisotopic (exact) mass is 303 g/mol. The minimum Gasteiger partial charge on any atom is -0.490 e. The maximum atomic E-state index is 12.5. The van der Waals surface area contributed by atoms with E-state index >= 15 is 0 Å². The fraction of sp³-hybridized carbons (Fsp3) is 0.500. The van der Waals surface area contributed by atoms with Crippen molar-refractivity contribution in [2.75, 3.05) is 26.3 Å². The normalized spacial score (nSPS) is 15.5. The predicted molar refractivity (Wildman–Crippen MR) is 87.1 cm³/mol. The molecule has 1 fully saturated rings. The molecule has 1 saturated heterocycles. The Kier molecular flexibility index (Phi) is 6.01. The zero-order valence-electron chi connectivity index (χ0n) is 13.4. The highest BCUT2D eigenvalue weighted by Crippen LogP contribution is 2.20. The predicted octanol–water partition coefficient (Wildman–Crippen LogP) is 2.88. The quantitative estimate of drug-likeness (QED) is 0.851. The number of nitrogens with zero attached hydrogens (tertiary/aromatic N) is 1. The molecule has 120 valence electrons. The second kappa shape index (κ2) is 7.99. The van der Waals surface area contributed by atoms with Crippen molar-refractivity contribution in [3.8, 4) is 5.75 Å². The van der Waals surface area contributed by atoms with Crippen molar-refractivity contribution >= 4 is 5.91 Å². The van der Waals surface area contributed by atoms with Gasteiger partial charge in [-0.1, -0.05) is 11.6 Å². The number of hydrogen-bond donors (Lipinski definition) is 1. The van der Waals surface area contributed by atoms with E-state index in [1.165, 1.54) is 5.57 Å². The molecule has 1 aromatic rings. The molecule has 0 bridgehead atoms. The number of piperidine rings is 1. The Bertz CT molecular complexity index is 527. The summed E-state index contributed by atoms with van der Waals surface area (Å²) in [5, 5.41) is 9.17. The number of allylic oxidation sites excluding steroid dienone is 1. The first-order valence-corrected chi connectivity index (χ1v) is 7.86. The van der Waals surface area contributed by atoms with E-state index in [0.29, 0.717) is 36.9 Å². The number of carbonyl (C=O) groups is 1. The molecule has 4 heteroatoms. The molecule has 0 atom stereocenters. The van der Waals surface area contributed by atoms with Gasteiger partial charge in [0.25, 0.3) is 5.91 Å². The molecule has 1 aromatic carbocycles. The summed E-state index contributed by atoms with van der Waals surface area (Å²) in [7, 11) is 0. The molecule has 4 nitrogen and oxygen atoms in total. The van der Waals surface area contributed by atoms with Crippen LogP contribution < -0.4 is 4.74 Å². The van der Waals surface area contributed by atoms with E-state index < -0.39 is 0 Å². The van der Waals surface area contributed by atoms with Crippen molar-refractivity contribution in [1.82, 2.24) is 4.90 Å². The maximum absolute atomic E-state index is 12.5. The van der Waals surface area contributed by atoms with E-state index in [1.807, 2.05) is 43.0 Å². The zero-order chi connectivity index (χ0) is 15.9. The third-order valence-electron chi connectivity index (χ3n) is 3.98. The lowest BCUT2D eigenvalue weighted by Gasteiger charge is -2.31. The highest BCUT2D eigenvalue weighted by Gasteiger charge is 2.23. The van der Waals surface area contributed by atoms with Crippen LogP contribution in [0.5, 0.6) is 5.75 Å². The van der Waals surface area contributed by atoms with Crippen molar-refractivity contribution < 1.29 is 14.6 Å². The molecule has 1 amide bonds. The first-order chi connectivity index (χ1) is 10.6. The summed E-state index contributed by atoms with van der Waals surface area (Å²) < 4.78 is 5.65. The molecule has 1 aliphatic heterocycles. The summed E-state index contributed by atoms with van der Waals surface area (Å²) in [6, 6.07) is 7.35. The van der Waals surface area contributed by atoms with Crippen molar-refractivity contribution in [3.05, 3.63) is 41.5 Å². The van der Waals surface area contributed by atoms with Gasteiger partial charge in [-0.25, -0.2) is 0 Å². The molecular weight excluding hydrogens is 278 g/mol. The fourth-order valence-electron chi connectivity index (χ4n) is 2.52. The third-order valence-corrected chi connectivity index (χ3v) is 3.98. The molecule has 0 aliphatic carbocycles. The SMILES string of the molecule is CC(C)=CCOc1cccc(C(=O)N2CCC(CO)CC2)c1. The number of hydrogen-bond acceptors (Lipinski definition) is 3. The molecule has 1 aliphatic rings. The topological polar surface area (TPSA) is 49.8 Å². The number of aliphatic hydroxyl groups is 1. The first-order valence-electron chi connectivity index (χ1n) is 7.86. The van der Waals surface area contributed by atoms with Gasteiger partial charge in [-0.3, -0.25) is 4.79 Å². The number of ether oxygens (including phenoxy) is 1. The minimum absolute atomic E-state index is 0.0454. The Morgan fingerprint density at radius 2 is 2.09 bits per heavy atom. The van der Waals surface area contributed by atoms with Crippen LogP contribution in [-0.4, -0.2) is 42.2 Å². The molecule has 0 saturated carbocycles. The van der Waals surface area contributed by atoms with Gasteiger partial charge in [-0.05, 0) is 56.9 Å². The van der Waals surface area contributed by atoms with Gasteiger partial charge in [0, 0.05) is 25.3 Å². The molecule has 1 heterocycles. The van der Waals surface area contributed by atoms with E-state index in [2.05, 4.69) is 0 Å². The van der Waals surface area contributed by atoms with E-state index in [1.54, 1.807) is 6.07 Å². The number of aliphatic hydroxyl groups excluding tert-OH is 1. The summed E-state index contributed by atoms with van der Waals surface area (Å²) in [4.78, 5) is 14.4. The lowest BCUT2D eigenvalue weighted by atomic mass is 9.97. The number of rotatable bonds is 5. The summed E-state index contributed by atoms with van der Waals surface area (Å²) in [5.74, 6) is 1.10. The Morgan fingerprint density at radius 3 is 2.73 bits per heavy atom. The fourth-order valence-corrected chi connectivity index (χ4v) is 2.52. The number of carbonyl (C=O) groups excluding carboxylic acids is 1. The van der Waals surface area contributed by atoms with Crippen LogP contribution in [0.2, 0.25) is 0 Å². The van der Waals surface area contributed by atoms with Gasteiger partial charge in [0.15, 0.2) is 0 Å². The van der Waals surface area contributed by atoms with Crippen LogP contribution in [0.3, 0.4) is 0 Å². The van der Waals surface area contributed by atoms with Crippen molar-refractivity contribution in [1.29, 1.82) is 0 Å². The van der Waals surface area contributed by atoms with Crippen LogP contribution in [0.1, 0.15) is 37.0 Å². The van der Waals surface area contributed by atoms with Gasteiger partial charge in [-0.15, -0.1) is 0 Å². The highest BCUT2D eigenvalue weighted by atomic mass is 16.5. The highest BCUT2D eigenvalue weighted by molar-refractivity contribution is 5.94. The van der Waals surface area contributed by atoms with Crippen LogP contribution in [0.25, 0.3) is 0 Å². The lowest BCUT2D eigenvalue weighted by molar-refractivity contribution is 0.0650. The molecule has 0 radical (unpaired) electrons. The van der Waals surface area contributed by atoms with Crippen molar-refractivity contribution in [3.63, 3.8) is 0 Å². The van der Waals surface area contributed by atoms with E-state index in [4.69, 9.17) is 9.84 Å². The molecule has 0 aromatic heterocycles. The third kappa shape index (κ3) is 4.60. The molecule has 2 rings (SSSR count). The first kappa shape index (κ1) is 16.6. The van der Waals surface area contributed by atoms with E-state index in [0.717, 1.165) is 12.8 Å². The number of amides is 1. The smallest absolute Gasteiger partial charge is 0.253 e. The maximum Gasteiger partial charge on any atom is 0.253 e. The van der Waals surface area contributed by atoms with Gasteiger partial charge in [0.1, 0.15) is 12.4 Å². The Morgan fingerprint density at radius 1 is 1.36 bits per heavy atom. The standard InChI is InChI=1S/C18H25NO3/c1-14(2)8-11-22-17-5-3-4-16(12-17)18(21)19-9-6-15(13-20)7-10-19/h3-5,8,12,15,20H,6-7,9-11,13H2,1-2H3.